The first-order valence-electron chi connectivity index (χ1n) is 8.59. The molecule has 3 heterocycles. The van der Waals surface area contributed by atoms with Gasteiger partial charge in [0.15, 0.2) is 5.96 Å². The molecule has 2 N–H and O–H groups in total. The maximum absolute atomic E-state index is 4.70. The molecule has 0 aliphatic carbocycles. The maximum Gasteiger partial charge on any atom is 0.191 e. The van der Waals surface area contributed by atoms with Gasteiger partial charge < -0.3 is 10.6 Å². The predicted molar refractivity (Wildman–Crippen MR) is 105 cm³/mol. The highest BCUT2D eigenvalue weighted by Crippen LogP contribution is 2.23. The molecule has 0 bridgehead atoms. The zero-order chi connectivity index (χ0) is 16.8. The Kier molecular flexibility index (Phi) is 6.29. The van der Waals surface area contributed by atoms with Crippen LogP contribution in [0, 0.1) is 6.92 Å². The molecule has 0 unspecified atom stereocenters. The van der Waals surface area contributed by atoms with Crippen molar-refractivity contribution in [2.75, 3.05) is 26.2 Å². The molecular weight excluding hydrogens is 336 g/mol. The molecule has 0 saturated heterocycles. The largest absolute Gasteiger partial charge is 0.357 e. The Balaban J connectivity index is 1.46. The van der Waals surface area contributed by atoms with Crippen molar-refractivity contribution < 1.29 is 0 Å². The minimum absolute atomic E-state index is 0.746. The van der Waals surface area contributed by atoms with Crippen LogP contribution in [0.4, 0.5) is 0 Å². The van der Waals surface area contributed by atoms with Crippen molar-refractivity contribution >= 4 is 28.6 Å². The van der Waals surface area contributed by atoms with Gasteiger partial charge in [-0.2, -0.15) is 0 Å². The molecule has 0 amide bonds. The van der Waals surface area contributed by atoms with E-state index in [-0.39, 0.29) is 0 Å². The fraction of sp³-hybridized carbons (Fsp3) is 0.500. The summed E-state index contributed by atoms with van der Waals surface area (Å²) >= 11 is 3.72. The van der Waals surface area contributed by atoms with Gasteiger partial charge >= 0.3 is 0 Å². The second-order valence-corrected chi connectivity index (χ2v) is 8.40. The van der Waals surface area contributed by atoms with Crippen molar-refractivity contribution in [2.24, 2.45) is 4.99 Å². The van der Waals surface area contributed by atoms with Crippen molar-refractivity contribution in [1.82, 2.24) is 15.5 Å². The first-order valence-corrected chi connectivity index (χ1v) is 10.3. The van der Waals surface area contributed by atoms with E-state index in [9.17, 15) is 0 Å². The Labute approximate surface area is 152 Å². The maximum atomic E-state index is 4.70. The minimum Gasteiger partial charge on any atom is -0.357 e. The smallest absolute Gasteiger partial charge is 0.191 e. The molecule has 0 saturated carbocycles. The summed E-state index contributed by atoms with van der Waals surface area (Å²) in [5.74, 6) is 0.914. The molecule has 0 fully saturated rings. The van der Waals surface area contributed by atoms with E-state index in [1.54, 1.807) is 4.88 Å². The predicted octanol–water partition coefficient (Wildman–Crippen LogP) is 3.23. The van der Waals surface area contributed by atoms with Crippen LogP contribution in [0.15, 0.2) is 28.6 Å². The third kappa shape index (κ3) is 4.82. The van der Waals surface area contributed by atoms with Gasteiger partial charge in [-0.05, 0) is 49.4 Å². The summed E-state index contributed by atoms with van der Waals surface area (Å²) in [6.07, 6.45) is 1.19. The van der Waals surface area contributed by atoms with Crippen molar-refractivity contribution in [3.8, 4) is 0 Å². The van der Waals surface area contributed by atoms with Gasteiger partial charge in [0.05, 0.1) is 6.54 Å². The normalized spacial score (nSPS) is 15.3. The summed E-state index contributed by atoms with van der Waals surface area (Å²) in [6, 6.07) is 6.60. The Morgan fingerprint density at radius 3 is 3.00 bits per heavy atom. The fourth-order valence-electron chi connectivity index (χ4n) is 2.90. The average molecular weight is 363 g/mol. The first-order chi connectivity index (χ1) is 11.7. The SMILES string of the molecule is CCNC(=NCc1ccc(C)s1)NCCN1CCc2sccc2C1. The van der Waals surface area contributed by atoms with Crippen LogP contribution in [0.25, 0.3) is 0 Å². The van der Waals surface area contributed by atoms with Crippen molar-refractivity contribution in [1.29, 1.82) is 0 Å². The molecule has 1 aliphatic rings. The molecule has 24 heavy (non-hydrogen) atoms. The van der Waals surface area contributed by atoms with Gasteiger partial charge in [0.25, 0.3) is 0 Å². The van der Waals surface area contributed by atoms with Gasteiger partial charge in [-0.25, -0.2) is 4.99 Å². The number of rotatable bonds is 6. The topological polar surface area (TPSA) is 39.7 Å². The van der Waals surface area contributed by atoms with Gasteiger partial charge in [-0.1, -0.05) is 0 Å². The monoisotopic (exact) mass is 362 g/mol. The molecule has 3 rings (SSSR count). The molecule has 0 aromatic carbocycles. The van der Waals surface area contributed by atoms with Crippen LogP contribution in [-0.2, 0) is 19.5 Å². The van der Waals surface area contributed by atoms with Crippen molar-refractivity contribution in [3.63, 3.8) is 0 Å². The summed E-state index contributed by atoms with van der Waals surface area (Å²) in [4.78, 5) is 11.4. The Bertz CT molecular complexity index is 674. The third-order valence-corrected chi connectivity index (χ3v) is 6.15. The number of aliphatic imine (C=N–C) groups is 1. The number of thiophene rings is 2. The quantitative estimate of drug-likeness (QED) is 0.612. The van der Waals surface area contributed by atoms with E-state index in [1.165, 1.54) is 21.7 Å². The van der Waals surface area contributed by atoms with Crippen molar-refractivity contribution in [2.45, 2.75) is 33.4 Å². The molecular formula is C18H26N4S2. The first kappa shape index (κ1) is 17.5. The molecule has 130 valence electrons. The van der Waals surface area contributed by atoms with Crippen LogP contribution in [0.1, 0.15) is 27.1 Å². The van der Waals surface area contributed by atoms with Crippen molar-refractivity contribution in [3.05, 3.63) is 43.8 Å². The fourth-order valence-corrected chi connectivity index (χ4v) is 4.60. The van der Waals surface area contributed by atoms with E-state index in [4.69, 9.17) is 4.99 Å². The van der Waals surface area contributed by atoms with Gasteiger partial charge in [0.2, 0.25) is 0 Å². The van der Waals surface area contributed by atoms with Crippen LogP contribution < -0.4 is 10.6 Å². The highest BCUT2D eigenvalue weighted by Gasteiger charge is 2.16. The number of aryl methyl sites for hydroxylation is 1. The Hall–Kier alpha value is -1.37. The number of guanidine groups is 1. The molecule has 6 heteroatoms. The molecule has 1 aliphatic heterocycles. The zero-order valence-corrected chi connectivity index (χ0v) is 16.1. The summed E-state index contributed by atoms with van der Waals surface area (Å²) in [5.41, 5.74) is 1.51. The third-order valence-electron chi connectivity index (χ3n) is 4.14. The Morgan fingerprint density at radius 2 is 2.21 bits per heavy atom. The number of nitrogens with zero attached hydrogens (tertiary/aromatic N) is 2. The number of hydrogen-bond donors (Lipinski definition) is 2. The highest BCUT2D eigenvalue weighted by atomic mass is 32.1. The zero-order valence-electron chi connectivity index (χ0n) is 14.5. The van der Waals surface area contributed by atoms with E-state index in [2.05, 4.69) is 53.0 Å². The average Bonchev–Trinajstić information content (AvgIpc) is 3.20. The van der Waals surface area contributed by atoms with Crippen LogP contribution >= 0.6 is 22.7 Å². The summed E-state index contributed by atoms with van der Waals surface area (Å²) in [5, 5.41) is 9.02. The lowest BCUT2D eigenvalue weighted by molar-refractivity contribution is 0.260. The number of hydrogen-bond acceptors (Lipinski definition) is 4. The van der Waals surface area contributed by atoms with E-state index >= 15 is 0 Å². The standard InChI is InChI=1S/C18H26N4S2/c1-3-19-18(21-12-16-5-4-14(2)24-16)20-8-10-22-9-6-17-15(13-22)7-11-23-17/h4-5,7,11H,3,6,8-10,12-13H2,1-2H3,(H2,19,20,21). The second-order valence-electron chi connectivity index (χ2n) is 6.03. The van der Waals surface area contributed by atoms with Crippen LogP contribution in [0.2, 0.25) is 0 Å². The lowest BCUT2D eigenvalue weighted by Gasteiger charge is -2.27. The van der Waals surface area contributed by atoms with Gasteiger partial charge in [-0.15, -0.1) is 22.7 Å². The van der Waals surface area contributed by atoms with E-state index < -0.39 is 0 Å². The molecule has 0 atom stereocenters. The van der Waals surface area contributed by atoms with E-state index in [1.807, 2.05) is 22.7 Å². The molecule has 2 aromatic heterocycles. The van der Waals surface area contributed by atoms with E-state index in [0.29, 0.717) is 0 Å². The molecule has 4 nitrogen and oxygen atoms in total. The molecule has 0 spiro atoms. The Morgan fingerprint density at radius 1 is 1.29 bits per heavy atom. The highest BCUT2D eigenvalue weighted by molar-refractivity contribution is 7.11. The number of nitrogens with one attached hydrogen (secondary N) is 2. The van der Waals surface area contributed by atoms with Crippen LogP contribution in [0.3, 0.4) is 0 Å². The second kappa shape index (κ2) is 8.65. The summed E-state index contributed by atoms with van der Waals surface area (Å²) in [7, 11) is 0. The molecule has 2 aromatic rings. The van der Waals surface area contributed by atoms with E-state index in [0.717, 1.165) is 45.2 Å². The minimum atomic E-state index is 0.746. The van der Waals surface area contributed by atoms with Gasteiger partial charge in [0.1, 0.15) is 0 Å². The summed E-state index contributed by atoms with van der Waals surface area (Å²) in [6.45, 7) is 10.1. The summed E-state index contributed by atoms with van der Waals surface area (Å²) < 4.78 is 0. The number of fused-ring (bicyclic) bond motifs is 1. The van der Waals surface area contributed by atoms with Crippen LogP contribution in [0.5, 0.6) is 0 Å². The van der Waals surface area contributed by atoms with Gasteiger partial charge in [-0.3, -0.25) is 4.90 Å². The lowest BCUT2D eigenvalue weighted by Crippen LogP contribution is -2.42. The molecule has 0 radical (unpaired) electrons. The van der Waals surface area contributed by atoms with Gasteiger partial charge in [0, 0.05) is 47.4 Å². The van der Waals surface area contributed by atoms with Crippen LogP contribution in [-0.4, -0.2) is 37.0 Å². The lowest BCUT2D eigenvalue weighted by atomic mass is 10.1.